The molecule has 24 heavy (non-hydrogen) atoms. The highest BCUT2D eigenvalue weighted by Crippen LogP contribution is 2.17. The van der Waals surface area contributed by atoms with Gasteiger partial charge in [-0.3, -0.25) is 4.79 Å². The maximum absolute atomic E-state index is 13.5. The molecule has 0 bridgehead atoms. The summed E-state index contributed by atoms with van der Waals surface area (Å²) >= 11 is 0. The number of carbonyl (C=O) groups is 1. The van der Waals surface area contributed by atoms with Crippen molar-refractivity contribution in [2.75, 3.05) is 19.4 Å². The third-order valence-corrected chi connectivity index (χ3v) is 5.10. The predicted octanol–water partition coefficient (Wildman–Crippen LogP) is 2.40. The zero-order valence-corrected chi connectivity index (χ0v) is 13.9. The number of amides is 1. The highest BCUT2D eigenvalue weighted by atomic mass is 32.2. The molecule has 2 aromatic carbocycles. The van der Waals surface area contributed by atoms with Gasteiger partial charge >= 0.3 is 0 Å². The van der Waals surface area contributed by atoms with E-state index < -0.39 is 27.6 Å². The molecule has 0 fully saturated rings. The highest BCUT2D eigenvalue weighted by Gasteiger charge is 2.17. The van der Waals surface area contributed by atoms with Crippen LogP contribution in [-0.4, -0.2) is 32.7 Å². The molecule has 1 amide bonds. The van der Waals surface area contributed by atoms with Gasteiger partial charge in [0.25, 0.3) is 0 Å². The van der Waals surface area contributed by atoms with Crippen molar-refractivity contribution in [2.45, 2.75) is 11.3 Å². The smallest absolute Gasteiger partial charge is 0.242 e. The van der Waals surface area contributed by atoms with Crippen LogP contribution >= 0.6 is 0 Å². The van der Waals surface area contributed by atoms with Crippen molar-refractivity contribution in [3.8, 4) is 0 Å². The zero-order chi connectivity index (χ0) is 17.9. The minimum absolute atomic E-state index is 0.0703. The van der Waals surface area contributed by atoms with Gasteiger partial charge in [-0.05, 0) is 29.8 Å². The molecular weight excluding hydrogens is 338 g/mol. The second kappa shape index (κ2) is 7.06. The van der Waals surface area contributed by atoms with E-state index in [1.165, 1.54) is 38.4 Å². The molecule has 0 unspecified atom stereocenters. The first-order valence-corrected chi connectivity index (χ1v) is 8.40. The van der Waals surface area contributed by atoms with Gasteiger partial charge in [-0.2, -0.15) is 0 Å². The van der Waals surface area contributed by atoms with Gasteiger partial charge in [-0.25, -0.2) is 21.5 Å². The predicted molar refractivity (Wildman–Crippen MR) is 86.0 cm³/mol. The van der Waals surface area contributed by atoms with Crippen LogP contribution < -0.4 is 5.32 Å². The molecule has 2 rings (SSSR count). The van der Waals surface area contributed by atoms with E-state index in [4.69, 9.17) is 0 Å². The maximum atomic E-state index is 13.5. The second-order valence-electron chi connectivity index (χ2n) is 5.28. The summed E-state index contributed by atoms with van der Waals surface area (Å²) < 4.78 is 51.3. The minimum atomic E-state index is -3.53. The first-order valence-electron chi connectivity index (χ1n) is 6.96. The molecule has 128 valence electrons. The van der Waals surface area contributed by atoms with E-state index in [2.05, 4.69) is 5.32 Å². The van der Waals surface area contributed by atoms with Gasteiger partial charge < -0.3 is 5.32 Å². The zero-order valence-electron chi connectivity index (χ0n) is 13.1. The number of rotatable bonds is 5. The van der Waals surface area contributed by atoms with E-state index in [9.17, 15) is 22.0 Å². The van der Waals surface area contributed by atoms with Gasteiger partial charge in [0, 0.05) is 20.2 Å². The van der Waals surface area contributed by atoms with Crippen molar-refractivity contribution in [2.24, 2.45) is 0 Å². The van der Waals surface area contributed by atoms with E-state index in [0.29, 0.717) is 11.6 Å². The molecule has 0 aliphatic carbocycles. The topological polar surface area (TPSA) is 66.5 Å². The van der Waals surface area contributed by atoms with E-state index >= 15 is 0 Å². The summed E-state index contributed by atoms with van der Waals surface area (Å²) in [5, 5.41) is 2.34. The Kier molecular flexibility index (Phi) is 5.30. The average Bonchev–Trinajstić information content (AvgIpc) is 2.50. The van der Waals surface area contributed by atoms with Gasteiger partial charge in [-0.1, -0.05) is 12.1 Å². The van der Waals surface area contributed by atoms with Gasteiger partial charge in [0.2, 0.25) is 15.9 Å². The molecule has 0 saturated carbocycles. The van der Waals surface area contributed by atoms with E-state index in [-0.39, 0.29) is 17.0 Å². The highest BCUT2D eigenvalue weighted by molar-refractivity contribution is 7.89. The SMILES string of the molecule is CN(C)S(=O)(=O)c1ccc(CC(=O)Nc2ccc(F)cc2F)cc1. The Labute approximate surface area is 139 Å². The molecule has 0 aromatic heterocycles. The fraction of sp³-hybridized carbons (Fsp3) is 0.188. The molecule has 5 nitrogen and oxygen atoms in total. The fourth-order valence-electron chi connectivity index (χ4n) is 1.96. The number of benzene rings is 2. The summed E-state index contributed by atoms with van der Waals surface area (Å²) in [6.07, 6.45) is -0.0703. The van der Waals surface area contributed by atoms with Crippen molar-refractivity contribution >= 4 is 21.6 Å². The molecule has 8 heteroatoms. The van der Waals surface area contributed by atoms with Crippen molar-refractivity contribution in [1.82, 2.24) is 4.31 Å². The van der Waals surface area contributed by atoms with Gasteiger partial charge in [-0.15, -0.1) is 0 Å². The number of nitrogens with one attached hydrogen (secondary N) is 1. The first-order chi connectivity index (χ1) is 11.2. The Hall–Kier alpha value is -2.32. The van der Waals surface area contributed by atoms with Crippen LogP contribution in [-0.2, 0) is 21.2 Å². The molecule has 2 aromatic rings. The lowest BCUT2D eigenvalue weighted by molar-refractivity contribution is -0.115. The standard InChI is InChI=1S/C16H16F2N2O3S/c1-20(2)24(22,23)13-6-3-11(4-7-13)9-16(21)19-15-8-5-12(17)10-14(15)18/h3-8,10H,9H2,1-2H3,(H,19,21). The number of hydrogen-bond donors (Lipinski definition) is 1. The molecule has 0 aliphatic heterocycles. The summed E-state index contributed by atoms with van der Waals surface area (Å²) in [5.41, 5.74) is 0.445. The Morgan fingerprint density at radius 3 is 2.25 bits per heavy atom. The summed E-state index contributed by atoms with van der Waals surface area (Å²) in [6.45, 7) is 0. The number of halogens is 2. The summed E-state index contributed by atoms with van der Waals surface area (Å²) in [4.78, 5) is 12.0. The van der Waals surface area contributed by atoms with Crippen LogP contribution in [0.3, 0.4) is 0 Å². The quantitative estimate of drug-likeness (QED) is 0.897. The van der Waals surface area contributed by atoms with Crippen LogP contribution in [0.4, 0.5) is 14.5 Å². The molecule has 0 atom stereocenters. The molecule has 0 spiro atoms. The molecule has 1 N–H and O–H groups in total. The molecule has 0 aliphatic rings. The summed E-state index contributed by atoms with van der Waals surface area (Å²) in [5.74, 6) is -2.09. The third kappa shape index (κ3) is 4.15. The first kappa shape index (κ1) is 18.0. The summed E-state index contributed by atoms with van der Waals surface area (Å²) in [7, 11) is -0.684. The van der Waals surface area contributed by atoms with Crippen molar-refractivity contribution in [3.63, 3.8) is 0 Å². The van der Waals surface area contributed by atoms with Crippen LogP contribution in [0.1, 0.15) is 5.56 Å². The lowest BCUT2D eigenvalue weighted by Crippen LogP contribution is -2.22. The minimum Gasteiger partial charge on any atom is -0.323 e. The molecule has 0 radical (unpaired) electrons. The second-order valence-corrected chi connectivity index (χ2v) is 7.43. The van der Waals surface area contributed by atoms with Crippen LogP contribution in [0.2, 0.25) is 0 Å². The van der Waals surface area contributed by atoms with Crippen LogP contribution in [0.15, 0.2) is 47.4 Å². The summed E-state index contributed by atoms with van der Waals surface area (Å²) in [6, 6.07) is 8.67. The number of nitrogens with zero attached hydrogens (tertiary/aromatic N) is 1. The monoisotopic (exact) mass is 354 g/mol. The number of anilines is 1. The van der Waals surface area contributed by atoms with E-state index in [1.54, 1.807) is 0 Å². The number of hydrogen-bond acceptors (Lipinski definition) is 3. The van der Waals surface area contributed by atoms with E-state index in [0.717, 1.165) is 16.4 Å². The largest absolute Gasteiger partial charge is 0.323 e. The van der Waals surface area contributed by atoms with E-state index in [1.807, 2.05) is 0 Å². The van der Waals surface area contributed by atoms with Crippen molar-refractivity contribution in [1.29, 1.82) is 0 Å². The third-order valence-electron chi connectivity index (χ3n) is 3.27. The Balaban J connectivity index is 2.07. The Morgan fingerprint density at radius 2 is 1.71 bits per heavy atom. The van der Waals surface area contributed by atoms with Crippen molar-refractivity contribution in [3.05, 3.63) is 59.7 Å². The van der Waals surface area contributed by atoms with Crippen LogP contribution in [0, 0.1) is 11.6 Å². The number of sulfonamides is 1. The van der Waals surface area contributed by atoms with Gasteiger partial charge in [0.05, 0.1) is 17.0 Å². The van der Waals surface area contributed by atoms with Gasteiger partial charge in [0.15, 0.2) is 0 Å². The van der Waals surface area contributed by atoms with Crippen LogP contribution in [0.5, 0.6) is 0 Å². The normalized spacial score (nSPS) is 11.5. The molecule has 0 heterocycles. The maximum Gasteiger partial charge on any atom is 0.242 e. The average molecular weight is 354 g/mol. The van der Waals surface area contributed by atoms with Crippen LogP contribution in [0.25, 0.3) is 0 Å². The lowest BCUT2D eigenvalue weighted by Gasteiger charge is -2.11. The Bertz CT molecular complexity index is 850. The molecular formula is C16H16F2N2O3S. The van der Waals surface area contributed by atoms with Gasteiger partial charge in [0.1, 0.15) is 11.6 Å². The number of carbonyl (C=O) groups excluding carboxylic acids is 1. The molecule has 0 saturated heterocycles. The Morgan fingerprint density at radius 1 is 1.08 bits per heavy atom. The lowest BCUT2D eigenvalue weighted by atomic mass is 10.1. The fourth-order valence-corrected chi connectivity index (χ4v) is 2.86. The van der Waals surface area contributed by atoms with Crippen molar-refractivity contribution < 1.29 is 22.0 Å².